The normalized spacial score (nSPS) is 14.5. The number of thioether (sulfide) groups is 1. The molecular formula is C27H28N2O6S. The minimum Gasteiger partial charge on any atom is -0.492 e. The van der Waals surface area contributed by atoms with Gasteiger partial charge in [0, 0.05) is 42.4 Å². The summed E-state index contributed by atoms with van der Waals surface area (Å²) in [6.07, 6.45) is 0.0660. The molecule has 0 fully saturated rings. The first kappa shape index (κ1) is 25.5. The number of aliphatic carboxylic acids is 1. The van der Waals surface area contributed by atoms with Crippen molar-refractivity contribution in [1.82, 2.24) is 0 Å². The highest BCUT2D eigenvalue weighted by Crippen LogP contribution is 2.34. The van der Waals surface area contributed by atoms with Crippen LogP contribution in [0, 0.1) is 10.1 Å². The molecule has 0 spiro atoms. The Bertz CT molecular complexity index is 1200. The average Bonchev–Trinajstić information content (AvgIpc) is 2.89. The molecule has 1 heterocycles. The number of anilines is 1. The third-order valence-electron chi connectivity index (χ3n) is 6.11. The van der Waals surface area contributed by atoms with Gasteiger partial charge in [0.05, 0.1) is 17.2 Å². The predicted molar refractivity (Wildman–Crippen MR) is 139 cm³/mol. The maximum absolute atomic E-state index is 12.4. The molecule has 0 saturated heterocycles. The second-order valence-corrected chi connectivity index (χ2v) is 9.48. The van der Waals surface area contributed by atoms with E-state index >= 15 is 0 Å². The van der Waals surface area contributed by atoms with Crippen molar-refractivity contribution >= 4 is 29.1 Å². The van der Waals surface area contributed by atoms with Crippen molar-refractivity contribution in [2.75, 3.05) is 37.0 Å². The Morgan fingerprint density at radius 1 is 1.11 bits per heavy atom. The number of carboxylic acid groups (broad SMARTS) is 1. The molecule has 0 bridgehead atoms. The lowest BCUT2D eigenvalue weighted by molar-refractivity contribution is -0.384. The Kier molecular flexibility index (Phi) is 8.12. The Hall–Kier alpha value is -3.56. The topological polar surface area (TPSA) is 102 Å². The zero-order valence-electron chi connectivity index (χ0n) is 20.0. The molecule has 0 aliphatic carbocycles. The van der Waals surface area contributed by atoms with Gasteiger partial charge in [0.2, 0.25) is 0 Å². The molecule has 1 aliphatic heterocycles. The predicted octanol–water partition coefficient (Wildman–Crippen LogP) is 5.15. The van der Waals surface area contributed by atoms with Crippen LogP contribution in [0.1, 0.15) is 18.1 Å². The Morgan fingerprint density at radius 2 is 1.83 bits per heavy atom. The average molecular weight is 509 g/mol. The van der Waals surface area contributed by atoms with Crippen molar-refractivity contribution in [2.45, 2.75) is 23.8 Å². The molecule has 0 amide bonds. The van der Waals surface area contributed by atoms with Crippen LogP contribution in [0.3, 0.4) is 0 Å². The molecule has 1 unspecified atom stereocenters. The van der Waals surface area contributed by atoms with Crippen LogP contribution in [-0.4, -0.2) is 48.1 Å². The Morgan fingerprint density at radius 3 is 2.50 bits per heavy atom. The second kappa shape index (κ2) is 11.5. The van der Waals surface area contributed by atoms with Crippen LogP contribution in [0.2, 0.25) is 0 Å². The first-order chi connectivity index (χ1) is 17.4. The highest BCUT2D eigenvalue weighted by Gasteiger charge is 2.42. The van der Waals surface area contributed by atoms with Crippen molar-refractivity contribution in [2.24, 2.45) is 0 Å². The molecule has 1 N–H and O–H groups in total. The molecule has 36 heavy (non-hydrogen) atoms. The highest BCUT2D eigenvalue weighted by atomic mass is 32.2. The van der Waals surface area contributed by atoms with E-state index < -0.39 is 16.5 Å². The number of non-ortho nitro benzene ring substituents is 1. The summed E-state index contributed by atoms with van der Waals surface area (Å²) in [5.74, 6) is 0.593. The molecule has 1 atom stereocenters. The van der Waals surface area contributed by atoms with Gasteiger partial charge in [-0.3, -0.25) is 10.1 Å². The summed E-state index contributed by atoms with van der Waals surface area (Å²) in [6.45, 7) is 4.16. The van der Waals surface area contributed by atoms with E-state index in [1.165, 1.54) is 34.8 Å². The number of nitrogens with zero attached hydrogens (tertiary/aromatic N) is 2. The fourth-order valence-electron chi connectivity index (χ4n) is 4.32. The molecule has 4 rings (SSSR count). The van der Waals surface area contributed by atoms with Gasteiger partial charge in [-0.2, -0.15) is 0 Å². The van der Waals surface area contributed by atoms with E-state index in [0.717, 1.165) is 24.4 Å². The van der Waals surface area contributed by atoms with Gasteiger partial charge in [-0.1, -0.05) is 24.3 Å². The molecule has 8 nitrogen and oxygen atoms in total. The van der Waals surface area contributed by atoms with Crippen LogP contribution in [0.5, 0.6) is 5.75 Å². The SMILES string of the molecule is CCOC(Cc1ccc(OCCN2CCSc3ccccc32)cc1)(C(=O)O)c1ccc([N+](=O)[O-])cc1. The molecule has 9 heteroatoms. The van der Waals surface area contributed by atoms with Crippen LogP contribution < -0.4 is 9.64 Å². The number of hydrogen-bond donors (Lipinski definition) is 1. The molecule has 0 aromatic heterocycles. The number of rotatable bonds is 11. The minimum absolute atomic E-state index is 0.0660. The molecular weight excluding hydrogens is 480 g/mol. The summed E-state index contributed by atoms with van der Waals surface area (Å²) in [5, 5.41) is 21.1. The van der Waals surface area contributed by atoms with Crippen LogP contribution in [0.25, 0.3) is 0 Å². The van der Waals surface area contributed by atoms with E-state index in [1.807, 2.05) is 42.1 Å². The number of carbonyl (C=O) groups is 1. The lowest BCUT2D eigenvalue weighted by Crippen LogP contribution is -2.41. The van der Waals surface area contributed by atoms with E-state index in [-0.39, 0.29) is 18.7 Å². The highest BCUT2D eigenvalue weighted by molar-refractivity contribution is 7.99. The summed E-state index contributed by atoms with van der Waals surface area (Å²) < 4.78 is 11.7. The Labute approximate surface area is 214 Å². The lowest BCUT2D eigenvalue weighted by Gasteiger charge is -2.30. The van der Waals surface area contributed by atoms with Gasteiger partial charge < -0.3 is 19.5 Å². The number of carboxylic acids is 1. The van der Waals surface area contributed by atoms with Crippen LogP contribution in [0.15, 0.2) is 77.7 Å². The summed E-state index contributed by atoms with van der Waals surface area (Å²) >= 11 is 1.87. The lowest BCUT2D eigenvalue weighted by atomic mass is 9.86. The molecule has 0 radical (unpaired) electrons. The van der Waals surface area contributed by atoms with E-state index in [4.69, 9.17) is 9.47 Å². The van der Waals surface area contributed by atoms with Gasteiger partial charge in [-0.05, 0) is 54.4 Å². The van der Waals surface area contributed by atoms with Crippen molar-refractivity contribution in [3.05, 3.63) is 94.0 Å². The number of fused-ring (bicyclic) bond motifs is 1. The van der Waals surface area contributed by atoms with Gasteiger partial charge in [0.15, 0.2) is 5.60 Å². The van der Waals surface area contributed by atoms with E-state index in [1.54, 1.807) is 6.92 Å². The van der Waals surface area contributed by atoms with Gasteiger partial charge >= 0.3 is 5.97 Å². The molecule has 188 valence electrons. The maximum atomic E-state index is 12.4. The van der Waals surface area contributed by atoms with Crippen LogP contribution in [-0.2, 0) is 21.6 Å². The van der Waals surface area contributed by atoms with E-state index in [2.05, 4.69) is 23.1 Å². The third-order valence-corrected chi connectivity index (χ3v) is 7.15. The summed E-state index contributed by atoms with van der Waals surface area (Å²) in [6, 6.07) is 21.1. The number of hydrogen-bond acceptors (Lipinski definition) is 7. The fourth-order valence-corrected chi connectivity index (χ4v) is 5.37. The van der Waals surface area contributed by atoms with Crippen molar-refractivity contribution in [1.29, 1.82) is 0 Å². The number of nitro groups is 1. The van der Waals surface area contributed by atoms with Gasteiger partial charge in [-0.25, -0.2) is 4.79 Å². The summed E-state index contributed by atoms with van der Waals surface area (Å²) in [4.78, 5) is 26.5. The van der Waals surface area contributed by atoms with Crippen molar-refractivity contribution in [3.8, 4) is 5.75 Å². The van der Waals surface area contributed by atoms with Crippen molar-refractivity contribution in [3.63, 3.8) is 0 Å². The monoisotopic (exact) mass is 508 g/mol. The number of benzene rings is 3. The molecule has 0 saturated carbocycles. The largest absolute Gasteiger partial charge is 0.492 e. The quantitative estimate of drug-likeness (QED) is 0.280. The summed E-state index contributed by atoms with van der Waals surface area (Å²) in [5.41, 5.74) is 0.565. The van der Waals surface area contributed by atoms with E-state index in [0.29, 0.717) is 17.9 Å². The number of ether oxygens (including phenoxy) is 2. The first-order valence-corrected chi connectivity index (χ1v) is 12.7. The molecule has 3 aromatic rings. The van der Waals surface area contributed by atoms with Crippen LogP contribution in [0.4, 0.5) is 11.4 Å². The molecule has 3 aromatic carbocycles. The zero-order chi connectivity index (χ0) is 25.5. The fraction of sp³-hybridized carbons (Fsp3) is 0.296. The number of para-hydroxylation sites is 1. The van der Waals surface area contributed by atoms with Crippen LogP contribution >= 0.6 is 11.8 Å². The van der Waals surface area contributed by atoms with E-state index in [9.17, 15) is 20.0 Å². The Balaban J connectivity index is 1.43. The zero-order valence-corrected chi connectivity index (χ0v) is 20.8. The van der Waals surface area contributed by atoms with Crippen molar-refractivity contribution < 1.29 is 24.3 Å². The van der Waals surface area contributed by atoms with Gasteiger partial charge in [-0.15, -0.1) is 11.8 Å². The maximum Gasteiger partial charge on any atom is 0.341 e. The van der Waals surface area contributed by atoms with Gasteiger partial charge in [0.25, 0.3) is 5.69 Å². The third kappa shape index (κ3) is 5.63. The molecule has 1 aliphatic rings. The summed E-state index contributed by atoms with van der Waals surface area (Å²) in [7, 11) is 0. The second-order valence-electron chi connectivity index (χ2n) is 8.34. The smallest absolute Gasteiger partial charge is 0.341 e. The minimum atomic E-state index is -1.66. The number of nitro benzene ring substituents is 1. The van der Waals surface area contributed by atoms with Gasteiger partial charge in [0.1, 0.15) is 12.4 Å². The standard InChI is InChI=1S/C27H28N2O6S/c1-2-35-27(26(30)31,21-9-11-22(12-10-21)29(32)33)19-20-7-13-23(14-8-20)34-17-15-28-16-18-36-25-6-4-3-5-24(25)28/h3-14H,2,15-19H2,1H3,(H,30,31). The first-order valence-electron chi connectivity index (χ1n) is 11.7.